The monoisotopic (exact) mass is 392 g/mol. The van der Waals surface area contributed by atoms with E-state index in [1.807, 2.05) is 0 Å². The topological polar surface area (TPSA) is 75.3 Å². The lowest BCUT2D eigenvalue weighted by molar-refractivity contribution is -0.183. The summed E-state index contributed by atoms with van der Waals surface area (Å²) in [6.07, 6.45) is -3.37. The van der Waals surface area contributed by atoms with Gasteiger partial charge in [-0.25, -0.2) is 13.1 Å². The third-order valence-corrected chi connectivity index (χ3v) is 5.96. The highest BCUT2D eigenvalue weighted by Crippen LogP contribution is 2.37. The first kappa shape index (κ1) is 20.7. The van der Waals surface area contributed by atoms with Crippen molar-refractivity contribution >= 4 is 15.9 Å². The Kier molecular flexibility index (Phi) is 6.33. The second kappa shape index (κ2) is 7.96. The zero-order valence-corrected chi connectivity index (χ0v) is 15.5. The van der Waals surface area contributed by atoms with Crippen LogP contribution in [0.4, 0.5) is 13.2 Å². The van der Waals surface area contributed by atoms with Crippen LogP contribution >= 0.6 is 0 Å². The molecule has 146 valence electrons. The molecule has 0 spiro atoms. The minimum absolute atomic E-state index is 0.0255. The van der Waals surface area contributed by atoms with Gasteiger partial charge in [-0.3, -0.25) is 4.79 Å². The fourth-order valence-electron chi connectivity index (χ4n) is 3.05. The van der Waals surface area contributed by atoms with Gasteiger partial charge in [0.2, 0.25) is 10.0 Å². The third-order valence-electron chi connectivity index (χ3n) is 4.29. The number of carbonyl (C=O) groups excluding carboxylic acids is 1. The van der Waals surface area contributed by atoms with E-state index in [1.165, 1.54) is 24.3 Å². The lowest BCUT2D eigenvalue weighted by Gasteiger charge is -2.31. The fraction of sp³-hybridized carbons (Fsp3) is 0.588. The van der Waals surface area contributed by atoms with Gasteiger partial charge < -0.3 is 5.32 Å². The molecule has 1 aromatic carbocycles. The van der Waals surface area contributed by atoms with E-state index >= 15 is 0 Å². The molecule has 2 atom stereocenters. The summed E-state index contributed by atoms with van der Waals surface area (Å²) in [5.74, 6) is -1.89. The summed E-state index contributed by atoms with van der Waals surface area (Å²) in [6, 6.07) is 4.52. The van der Waals surface area contributed by atoms with Crippen molar-refractivity contribution in [1.29, 1.82) is 0 Å². The third kappa shape index (κ3) is 5.44. The molecule has 26 heavy (non-hydrogen) atoms. The Bertz CT molecular complexity index is 731. The molecule has 1 amide bonds. The molecule has 5 nitrogen and oxygen atoms in total. The van der Waals surface area contributed by atoms with Crippen molar-refractivity contribution in [3.63, 3.8) is 0 Å². The predicted molar refractivity (Wildman–Crippen MR) is 91.2 cm³/mol. The van der Waals surface area contributed by atoms with Crippen LogP contribution in [0.3, 0.4) is 0 Å². The number of carbonyl (C=O) groups is 1. The van der Waals surface area contributed by atoms with Crippen molar-refractivity contribution in [3.05, 3.63) is 29.8 Å². The molecule has 0 heterocycles. The highest BCUT2D eigenvalue weighted by molar-refractivity contribution is 7.89. The minimum atomic E-state index is -4.25. The number of amides is 1. The number of hydrogen-bond donors (Lipinski definition) is 2. The summed E-state index contributed by atoms with van der Waals surface area (Å²) in [5.41, 5.74) is 0.211. The second-order valence-electron chi connectivity index (χ2n) is 6.88. The number of rotatable bonds is 5. The molecule has 2 N–H and O–H groups in total. The number of benzene rings is 1. The molecule has 0 bridgehead atoms. The van der Waals surface area contributed by atoms with Crippen LogP contribution in [0.5, 0.6) is 0 Å². The second-order valence-corrected chi connectivity index (χ2v) is 8.59. The smallest absolute Gasteiger partial charge is 0.349 e. The molecule has 1 aliphatic rings. The van der Waals surface area contributed by atoms with E-state index in [4.69, 9.17) is 0 Å². The predicted octanol–water partition coefficient (Wildman–Crippen LogP) is 3.22. The van der Waals surface area contributed by atoms with Gasteiger partial charge in [0, 0.05) is 17.6 Å². The van der Waals surface area contributed by atoms with Crippen molar-refractivity contribution < 1.29 is 26.4 Å². The Morgan fingerprint density at radius 2 is 1.77 bits per heavy atom. The average Bonchev–Trinajstić information content (AvgIpc) is 2.53. The normalized spacial score (nSPS) is 21.6. The van der Waals surface area contributed by atoms with Crippen LogP contribution in [0, 0.1) is 5.92 Å². The molecule has 9 heteroatoms. The maximum Gasteiger partial charge on any atom is 0.391 e. The molecule has 1 fully saturated rings. The van der Waals surface area contributed by atoms with Crippen molar-refractivity contribution in [2.24, 2.45) is 5.92 Å². The van der Waals surface area contributed by atoms with Gasteiger partial charge in [0.1, 0.15) is 0 Å². The number of nitrogens with one attached hydrogen (secondary N) is 2. The average molecular weight is 392 g/mol. The molecule has 0 aliphatic heterocycles. The van der Waals surface area contributed by atoms with Crippen LogP contribution in [-0.4, -0.2) is 32.6 Å². The molecule has 1 aliphatic carbocycles. The molecule has 2 rings (SSSR count). The number of alkyl halides is 3. The van der Waals surface area contributed by atoms with E-state index in [0.29, 0.717) is 12.8 Å². The maximum atomic E-state index is 12.8. The maximum absolute atomic E-state index is 12.8. The van der Waals surface area contributed by atoms with Crippen LogP contribution in [-0.2, 0) is 10.0 Å². The Morgan fingerprint density at radius 1 is 1.15 bits per heavy atom. The van der Waals surface area contributed by atoms with Gasteiger partial charge in [-0.05, 0) is 57.4 Å². The first-order valence-electron chi connectivity index (χ1n) is 8.49. The van der Waals surface area contributed by atoms with Crippen LogP contribution in [0.1, 0.15) is 49.9 Å². The van der Waals surface area contributed by atoms with Crippen molar-refractivity contribution in [3.8, 4) is 0 Å². The zero-order valence-electron chi connectivity index (χ0n) is 14.6. The quantitative estimate of drug-likeness (QED) is 0.808. The molecule has 0 radical (unpaired) electrons. The van der Waals surface area contributed by atoms with Crippen LogP contribution in [0.25, 0.3) is 0 Å². The molecule has 0 saturated heterocycles. The van der Waals surface area contributed by atoms with E-state index in [-0.39, 0.29) is 29.3 Å². The first-order chi connectivity index (χ1) is 12.0. The van der Waals surface area contributed by atoms with Crippen LogP contribution in [0.15, 0.2) is 29.2 Å². The summed E-state index contributed by atoms with van der Waals surface area (Å²) >= 11 is 0. The van der Waals surface area contributed by atoms with Gasteiger partial charge in [0.05, 0.1) is 10.8 Å². The van der Waals surface area contributed by atoms with Gasteiger partial charge in [-0.15, -0.1) is 0 Å². The van der Waals surface area contributed by atoms with E-state index in [2.05, 4.69) is 10.0 Å². The van der Waals surface area contributed by atoms with E-state index < -0.39 is 34.1 Å². The zero-order chi connectivity index (χ0) is 19.5. The molecule has 1 saturated carbocycles. The van der Waals surface area contributed by atoms with Crippen molar-refractivity contribution in [1.82, 2.24) is 10.0 Å². The standard InChI is InChI=1S/C17H23F3N2O3S/c1-11(2)22-26(24,25)15-8-6-12(7-9-15)16(23)21-14-5-3-4-13(10-14)17(18,19)20/h6-9,11,13-14,22H,3-5,10H2,1-2H3,(H,21,23). The fourth-order valence-corrected chi connectivity index (χ4v) is 4.30. The van der Waals surface area contributed by atoms with Crippen molar-refractivity contribution in [2.45, 2.75) is 62.7 Å². The largest absolute Gasteiger partial charge is 0.391 e. The Labute approximate surface area is 151 Å². The Morgan fingerprint density at radius 3 is 2.31 bits per heavy atom. The Hall–Kier alpha value is -1.61. The Balaban J connectivity index is 2.02. The molecule has 0 aromatic heterocycles. The van der Waals surface area contributed by atoms with E-state index in [0.717, 1.165) is 0 Å². The van der Waals surface area contributed by atoms with Crippen LogP contribution < -0.4 is 10.0 Å². The SMILES string of the molecule is CC(C)NS(=O)(=O)c1ccc(C(=O)NC2CCCC(C(F)(F)F)C2)cc1. The van der Waals surface area contributed by atoms with Gasteiger partial charge in [-0.1, -0.05) is 6.42 Å². The highest BCUT2D eigenvalue weighted by Gasteiger charge is 2.42. The molecule has 2 unspecified atom stereocenters. The lowest BCUT2D eigenvalue weighted by Crippen LogP contribution is -2.41. The highest BCUT2D eigenvalue weighted by atomic mass is 32.2. The summed E-state index contributed by atoms with van der Waals surface area (Å²) in [5, 5.41) is 2.62. The minimum Gasteiger partial charge on any atom is -0.349 e. The number of sulfonamides is 1. The van der Waals surface area contributed by atoms with Gasteiger partial charge in [-0.2, -0.15) is 13.2 Å². The number of hydrogen-bond acceptors (Lipinski definition) is 3. The van der Waals surface area contributed by atoms with Gasteiger partial charge in [0.15, 0.2) is 0 Å². The lowest BCUT2D eigenvalue weighted by atomic mass is 9.85. The molecule has 1 aromatic rings. The first-order valence-corrected chi connectivity index (χ1v) is 9.97. The van der Waals surface area contributed by atoms with Gasteiger partial charge >= 0.3 is 6.18 Å². The van der Waals surface area contributed by atoms with E-state index in [9.17, 15) is 26.4 Å². The molecular weight excluding hydrogens is 369 g/mol. The van der Waals surface area contributed by atoms with Crippen molar-refractivity contribution in [2.75, 3.05) is 0 Å². The summed E-state index contributed by atoms with van der Waals surface area (Å²) < 4.78 is 65.1. The summed E-state index contributed by atoms with van der Waals surface area (Å²) in [4.78, 5) is 12.3. The summed E-state index contributed by atoms with van der Waals surface area (Å²) in [7, 11) is -3.66. The van der Waals surface area contributed by atoms with E-state index in [1.54, 1.807) is 13.8 Å². The van der Waals surface area contributed by atoms with Gasteiger partial charge in [0.25, 0.3) is 5.91 Å². The number of halogens is 3. The molecular formula is C17H23F3N2O3S. The summed E-state index contributed by atoms with van der Waals surface area (Å²) in [6.45, 7) is 3.38. The van der Waals surface area contributed by atoms with Crippen LogP contribution in [0.2, 0.25) is 0 Å².